The van der Waals surface area contributed by atoms with Gasteiger partial charge in [-0.2, -0.15) is 0 Å². The molecule has 1 saturated carbocycles. The molecule has 1 aromatic rings. The van der Waals surface area contributed by atoms with Crippen LogP contribution in [0.5, 0.6) is 0 Å². The maximum absolute atomic E-state index is 13.1. The summed E-state index contributed by atoms with van der Waals surface area (Å²) in [5.41, 5.74) is 1.51. The van der Waals surface area contributed by atoms with Gasteiger partial charge in [0.1, 0.15) is 5.69 Å². The number of nitrogens with one attached hydrogen (secondary N) is 1. The molecular formula is C21H32N4O2. The number of carbonyl (C=O) groups is 2. The number of amides is 2. The predicted octanol–water partition coefficient (Wildman–Crippen LogP) is 3.30. The van der Waals surface area contributed by atoms with Gasteiger partial charge in [-0.15, -0.1) is 0 Å². The lowest BCUT2D eigenvalue weighted by Crippen LogP contribution is -2.36. The molecule has 1 aromatic heterocycles. The molecule has 0 atom stereocenters. The van der Waals surface area contributed by atoms with Crippen LogP contribution in [0.2, 0.25) is 0 Å². The van der Waals surface area contributed by atoms with Gasteiger partial charge in [0.2, 0.25) is 0 Å². The zero-order valence-corrected chi connectivity index (χ0v) is 16.3. The van der Waals surface area contributed by atoms with Crippen LogP contribution >= 0.6 is 0 Å². The van der Waals surface area contributed by atoms with Gasteiger partial charge in [-0.05, 0) is 51.4 Å². The van der Waals surface area contributed by atoms with Gasteiger partial charge >= 0.3 is 0 Å². The molecule has 0 spiro atoms. The Morgan fingerprint density at radius 3 is 2.26 bits per heavy atom. The SMILES string of the molecule is O=C(NC1CCCCCC1)c1nc(C(=O)N2CCCCC2)c2n1CCCC2. The minimum atomic E-state index is -0.0947. The largest absolute Gasteiger partial charge is 0.347 e. The van der Waals surface area contributed by atoms with Crippen molar-refractivity contribution in [2.24, 2.45) is 0 Å². The fourth-order valence-corrected chi connectivity index (χ4v) is 4.81. The number of hydrogen-bond acceptors (Lipinski definition) is 3. The van der Waals surface area contributed by atoms with Crippen LogP contribution in [0.15, 0.2) is 0 Å². The summed E-state index contributed by atoms with van der Waals surface area (Å²) in [6.45, 7) is 2.42. The van der Waals surface area contributed by atoms with Gasteiger partial charge in [0.25, 0.3) is 11.8 Å². The molecule has 4 rings (SSSR count). The number of imidazole rings is 1. The van der Waals surface area contributed by atoms with E-state index < -0.39 is 0 Å². The van der Waals surface area contributed by atoms with E-state index in [9.17, 15) is 9.59 Å². The van der Waals surface area contributed by atoms with Crippen molar-refractivity contribution in [2.75, 3.05) is 13.1 Å². The summed E-state index contributed by atoms with van der Waals surface area (Å²) in [6, 6.07) is 0.248. The molecule has 0 unspecified atom stereocenters. The molecule has 0 bridgehead atoms. The average Bonchev–Trinajstić information content (AvgIpc) is 2.91. The molecular weight excluding hydrogens is 340 g/mol. The van der Waals surface area contributed by atoms with Crippen LogP contribution in [0.3, 0.4) is 0 Å². The van der Waals surface area contributed by atoms with E-state index in [-0.39, 0.29) is 17.9 Å². The zero-order chi connectivity index (χ0) is 18.6. The van der Waals surface area contributed by atoms with Crippen molar-refractivity contribution in [1.82, 2.24) is 19.8 Å². The molecule has 0 radical (unpaired) electrons. The highest BCUT2D eigenvalue weighted by Gasteiger charge is 2.31. The van der Waals surface area contributed by atoms with Crippen LogP contribution in [-0.4, -0.2) is 45.4 Å². The van der Waals surface area contributed by atoms with Crippen molar-refractivity contribution < 1.29 is 9.59 Å². The quantitative estimate of drug-likeness (QED) is 0.828. The highest BCUT2D eigenvalue weighted by atomic mass is 16.2. The fourth-order valence-electron chi connectivity index (χ4n) is 4.81. The summed E-state index contributed by atoms with van der Waals surface area (Å²) in [7, 11) is 0. The Hall–Kier alpha value is -1.85. The first kappa shape index (κ1) is 18.5. The molecule has 0 aromatic carbocycles. The molecule has 3 heterocycles. The first-order chi connectivity index (χ1) is 13.2. The Morgan fingerprint density at radius 1 is 0.852 bits per heavy atom. The second-order valence-corrected chi connectivity index (χ2v) is 8.35. The van der Waals surface area contributed by atoms with Gasteiger partial charge in [0.05, 0.1) is 5.69 Å². The van der Waals surface area contributed by atoms with Crippen LogP contribution in [0, 0.1) is 0 Å². The number of nitrogens with zero attached hydrogens (tertiary/aromatic N) is 3. The Morgan fingerprint density at radius 2 is 1.52 bits per heavy atom. The molecule has 6 heteroatoms. The molecule has 1 saturated heterocycles. The third-order valence-corrected chi connectivity index (χ3v) is 6.36. The molecule has 2 amide bonds. The first-order valence-electron chi connectivity index (χ1n) is 10.9. The highest BCUT2D eigenvalue weighted by molar-refractivity contribution is 5.97. The summed E-state index contributed by atoms with van der Waals surface area (Å²) in [6.07, 6.45) is 13.3. The lowest BCUT2D eigenvalue weighted by atomic mass is 10.1. The highest BCUT2D eigenvalue weighted by Crippen LogP contribution is 2.24. The normalized spacial score (nSPS) is 21.4. The van der Waals surface area contributed by atoms with E-state index in [1.807, 2.05) is 9.47 Å². The lowest BCUT2D eigenvalue weighted by molar-refractivity contribution is 0.0717. The zero-order valence-electron chi connectivity index (χ0n) is 16.3. The van der Waals surface area contributed by atoms with Gasteiger partial charge in [-0.3, -0.25) is 9.59 Å². The number of aromatic nitrogens is 2. The molecule has 27 heavy (non-hydrogen) atoms. The molecule has 2 aliphatic heterocycles. The second-order valence-electron chi connectivity index (χ2n) is 8.35. The number of fused-ring (bicyclic) bond motifs is 1. The number of hydrogen-bond donors (Lipinski definition) is 1. The monoisotopic (exact) mass is 372 g/mol. The first-order valence-corrected chi connectivity index (χ1v) is 10.9. The van der Waals surface area contributed by atoms with Crippen molar-refractivity contribution in [1.29, 1.82) is 0 Å². The van der Waals surface area contributed by atoms with Gasteiger partial charge < -0.3 is 14.8 Å². The smallest absolute Gasteiger partial charge is 0.287 e. The van der Waals surface area contributed by atoms with Crippen molar-refractivity contribution in [3.05, 3.63) is 17.2 Å². The number of piperidine rings is 1. The van der Waals surface area contributed by atoms with E-state index in [4.69, 9.17) is 0 Å². The Labute approximate surface area is 161 Å². The number of rotatable bonds is 3. The second kappa shape index (κ2) is 8.44. The van der Waals surface area contributed by atoms with E-state index in [0.29, 0.717) is 11.5 Å². The van der Waals surface area contributed by atoms with Gasteiger partial charge in [-0.1, -0.05) is 25.7 Å². The molecule has 3 aliphatic rings. The number of carbonyl (C=O) groups excluding carboxylic acids is 2. The standard InChI is InChI=1S/C21H32N4O2/c26-20(22-16-10-4-1-2-5-11-16)19-23-18(17-12-6-9-15-25(17)19)21(27)24-13-7-3-8-14-24/h16H,1-15H2,(H,22,26). The van der Waals surface area contributed by atoms with E-state index in [1.54, 1.807) is 0 Å². The maximum Gasteiger partial charge on any atom is 0.287 e. The van der Waals surface area contributed by atoms with Crippen LogP contribution in [0.4, 0.5) is 0 Å². The molecule has 2 fully saturated rings. The summed E-state index contributed by atoms with van der Waals surface area (Å²) >= 11 is 0. The fraction of sp³-hybridized carbons (Fsp3) is 0.762. The minimum Gasteiger partial charge on any atom is -0.347 e. The van der Waals surface area contributed by atoms with Gasteiger partial charge in [-0.25, -0.2) is 4.98 Å². The van der Waals surface area contributed by atoms with Crippen LogP contribution in [0.25, 0.3) is 0 Å². The van der Waals surface area contributed by atoms with E-state index in [1.165, 1.54) is 32.1 Å². The van der Waals surface area contributed by atoms with E-state index in [0.717, 1.165) is 70.3 Å². The number of likely N-dealkylation sites (tertiary alicyclic amines) is 1. The Bertz CT molecular complexity index is 683. The van der Waals surface area contributed by atoms with Crippen molar-refractivity contribution in [3.8, 4) is 0 Å². The summed E-state index contributed by atoms with van der Waals surface area (Å²) in [4.78, 5) is 32.6. The van der Waals surface area contributed by atoms with Gasteiger partial charge in [0.15, 0.2) is 5.82 Å². The minimum absolute atomic E-state index is 0.0221. The van der Waals surface area contributed by atoms with E-state index in [2.05, 4.69) is 10.3 Å². The van der Waals surface area contributed by atoms with E-state index >= 15 is 0 Å². The average molecular weight is 373 g/mol. The lowest BCUT2D eigenvalue weighted by Gasteiger charge is -2.26. The van der Waals surface area contributed by atoms with Crippen molar-refractivity contribution >= 4 is 11.8 Å². The third kappa shape index (κ3) is 4.04. The van der Waals surface area contributed by atoms with Crippen molar-refractivity contribution in [2.45, 2.75) is 89.6 Å². The molecule has 148 valence electrons. The Kier molecular flexibility index (Phi) is 5.79. The molecule has 6 nitrogen and oxygen atoms in total. The maximum atomic E-state index is 13.1. The molecule has 1 aliphatic carbocycles. The summed E-state index contributed by atoms with van der Waals surface area (Å²) in [5, 5.41) is 3.21. The molecule has 1 N–H and O–H groups in total. The summed E-state index contributed by atoms with van der Waals surface area (Å²) < 4.78 is 2.02. The topological polar surface area (TPSA) is 67.2 Å². The van der Waals surface area contributed by atoms with Crippen LogP contribution < -0.4 is 5.32 Å². The van der Waals surface area contributed by atoms with Crippen LogP contribution in [-0.2, 0) is 13.0 Å². The predicted molar refractivity (Wildman–Crippen MR) is 104 cm³/mol. The Balaban J connectivity index is 1.56. The van der Waals surface area contributed by atoms with Crippen molar-refractivity contribution in [3.63, 3.8) is 0 Å². The van der Waals surface area contributed by atoms with Gasteiger partial charge in [0, 0.05) is 25.7 Å². The third-order valence-electron chi connectivity index (χ3n) is 6.36. The van der Waals surface area contributed by atoms with Crippen LogP contribution in [0.1, 0.15) is 97.4 Å². The summed E-state index contributed by atoms with van der Waals surface area (Å²) in [5.74, 6) is 0.380.